The zero-order chi connectivity index (χ0) is 27.8. The molecular formula is C31H28ClF2N5O. The van der Waals surface area contributed by atoms with Crippen LogP contribution in [0.4, 0.5) is 20.2 Å². The maximum Gasteiger partial charge on any atom is 0.189 e. The minimum atomic E-state index is -0.578. The summed E-state index contributed by atoms with van der Waals surface area (Å²) in [5.41, 5.74) is 2.76. The number of nitrogens with zero attached hydrogens (tertiary/aromatic N) is 5. The highest BCUT2D eigenvalue weighted by molar-refractivity contribution is 6.38. The van der Waals surface area contributed by atoms with E-state index in [9.17, 15) is 10.1 Å². The van der Waals surface area contributed by atoms with Gasteiger partial charge in [-0.05, 0) is 56.3 Å². The van der Waals surface area contributed by atoms with Gasteiger partial charge in [0.1, 0.15) is 17.7 Å². The number of piperazine rings is 1. The van der Waals surface area contributed by atoms with E-state index in [2.05, 4.69) is 15.9 Å². The van der Waals surface area contributed by atoms with Crippen LogP contribution in [0.1, 0.15) is 24.0 Å². The molecule has 204 valence electrons. The molecule has 0 unspecified atom stereocenters. The van der Waals surface area contributed by atoms with Gasteiger partial charge in [-0.1, -0.05) is 29.8 Å². The number of rotatable bonds is 5. The highest BCUT2D eigenvalue weighted by Crippen LogP contribution is 2.37. The van der Waals surface area contributed by atoms with Crippen molar-refractivity contribution in [2.75, 3.05) is 49.1 Å². The van der Waals surface area contributed by atoms with Crippen LogP contribution in [0.15, 0.2) is 65.6 Å². The predicted octanol–water partition coefficient (Wildman–Crippen LogP) is 5.72. The first-order valence-electron chi connectivity index (χ1n) is 13.5. The van der Waals surface area contributed by atoms with Crippen LogP contribution in [-0.4, -0.2) is 48.7 Å². The Hall–Kier alpha value is -3.93. The van der Waals surface area contributed by atoms with Gasteiger partial charge in [-0.3, -0.25) is 9.69 Å². The SMILES string of the molecule is N#Cc1ccccc1N1CCN(c2c(F)cc3c(=O)ccn(-c4ccc(CN5CCCC5)c(F)c4)c3c2Cl)CC1. The van der Waals surface area contributed by atoms with Crippen molar-refractivity contribution in [2.45, 2.75) is 19.4 Å². The molecule has 0 bridgehead atoms. The Balaban J connectivity index is 1.35. The Kier molecular flexibility index (Phi) is 7.18. The molecule has 4 aromatic rings. The summed E-state index contributed by atoms with van der Waals surface area (Å²) in [6.45, 7) is 4.56. The van der Waals surface area contributed by atoms with E-state index in [4.69, 9.17) is 11.6 Å². The molecule has 2 fully saturated rings. The Morgan fingerprint density at radius 1 is 0.875 bits per heavy atom. The van der Waals surface area contributed by atoms with Gasteiger partial charge in [0.05, 0.1) is 32.9 Å². The Bertz CT molecular complexity index is 1680. The molecule has 2 aliphatic rings. The maximum atomic E-state index is 15.5. The number of para-hydroxylation sites is 1. The second-order valence-corrected chi connectivity index (χ2v) is 10.7. The van der Waals surface area contributed by atoms with Crippen LogP contribution in [0.5, 0.6) is 0 Å². The smallest absolute Gasteiger partial charge is 0.189 e. The van der Waals surface area contributed by atoms with Gasteiger partial charge in [0, 0.05) is 56.2 Å². The molecule has 6 nitrogen and oxygen atoms in total. The monoisotopic (exact) mass is 559 g/mol. The second kappa shape index (κ2) is 10.9. The number of pyridine rings is 1. The second-order valence-electron chi connectivity index (χ2n) is 10.3. The molecular weight excluding hydrogens is 532 g/mol. The van der Waals surface area contributed by atoms with E-state index >= 15 is 8.78 Å². The number of fused-ring (bicyclic) bond motifs is 1. The number of aromatic nitrogens is 1. The largest absolute Gasteiger partial charge is 0.367 e. The van der Waals surface area contributed by atoms with Crippen molar-refractivity contribution in [1.29, 1.82) is 5.26 Å². The average molecular weight is 560 g/mol. The molecule has 1 aromatic heterocycles. The highest BCUT2D eigenvalue weighted by atomic mass is 35.5. The van der Waals surface area contributed by atoms with E-state index in [1.54, 1.807) is 22.9 Å². The van der Waals surface area contributed by atoms with Gasteiger partial charge < -0.3 is 14.4 Å². The summed E-state index contributed by atoms with van der Waals surface area (Å²) in [6, 6.07) is 17.2. The van der Waals surface area contributed by atoms with Crippen LogP contribution < -0.4 is 15.2 Å². The van der Waals surface area contributed by atoms with Gasteiger partial charge in [0.15, 0.2) is 5.43 Å². The zero-order valence-electron chi connectivity index (χ0n) is 21.9. The molecule has 2 aliphatic heterocycles. The molecule has 2 saturated heterocycles. The lowest BCUT2D eigenvalue weighted by Crippen LogP contribution is -2.47. The standard InChI is InChI=1S/C31H28ClF2N5O/c32-29-30-24(18-26(34)31(29)38-15-13-37(14-16-38)27-6-2-1-5-21(27)19-35)28(40)9-12-39(30)23-8-7-22(25(33)17-23)20-36-10-3-4-11-36/h1-2,5-9,12,17-18H,3-4,10-11,13-16,20H2. The van der Waals surface area contributed by atoms with Gasteiger partial charge in [-0.25, -0.2) is 8.78 Å². The third-order valence-electron chi connectivity index (χ3n) is 7.92. The van der Waals surface area contributed by atoms with Crippen LogP contribution >= 0.6 is 11.6 Å². The van der Waals surface area contributed by atoms with Crippen LogP contribution in [0.25, 0.3) is 16.6 Å². The lowest BCUT2D eigenvalue weighted by atomic mass is 10.1. The highest BCUT2D eigenvalue weighted by Gasteiger charge is 2.26. The number of nitriles is 1. The summed E-state index contributed by atoms with van der Waals surface area (Å²) in [5.74, 6) is -0.908. The third kappa shape index (κ3) is 4.80. The van der Waals surface area contributed by atoms with E-state index in [0.29, 0.717) is 55.1 Å². The number of benzene rings is 3. The van der Waals surface area contributed by atoms with Crippen LogP contribution in [-0.2, 0) is 6.54 Å². The van der Waals surface area contributed by atoms with Crippen molar-refractivity contribution in [3.63, 3.8) is 0 Å². The molecule has 0 amide bonds. The van der Waals surface area contributed by atoms with Gasteiger partial charge >= 0.3 is 0 Å². The van der Waals surface area contributed by atoms with E-state index in [1.165, 1.54) is 18.2 Å². The molecule has 40 heavy (non-hydrogen) atoms. The van der Waals surface area contributed by atoms with Crippen molar-refractivity contribution in [1.82, 2.24) is 9.47 Å². The fraction of sp³-hybridized carbons (Fsp3) is 0.290. The number of hydrogen-bond acceptors (Lipinski definition) is 5. The fourth-order valence-electron chi connectivity index (χ4n) is 5.84. The molecule has 3 heterocycles. The lowest BCUT2D eigenvalue weighted by molar-refractivity contribution is 0.325. The number of halogens is 3. The van der Waals surface area contributed by atoms with Crippen molar-refractivity contribution >= 4 is 33.9 Å². The normalized spacial score (nSPS) is 16.1. The quantitative estimate of drug-likeness (QED) is 0.313. The van der Waals surface area contributed by atoms with Crippen molar-refractivity contribution in [3.05, 3.63) is 98.8 Å². The first-order valence-corrected chi connectivity index (χ1v) is 13.9. The Labute approximate surface area is 236 Å². The van der Waals surface area contributed by atoms with E-state index in [1.807, 2.05) is 29.2 Å². The van der Waals surface area contributed by atoms with E-state index in [-0.39, 0.29) is 27.3 Å². The summed E-state index contributed by atoms with van der Waals surface area (Å²) >= 11 is 6.89. The van der Waals surface area contributed by atoms with Crippen LogP contribution in [0.2, 0.25) is 5.02 Å². The first kappa shape index (κ1) is 26.3. The summed E-state index contributed by atoms with van der Waals surface area (Å²) < 4.78 is 32.4. The summed E-state index contributed by atoms with van der Waals surface area (Å²) in [5, 5.41) is 9.73. The minimum Gasteiger partial charge on any atom is -0.367 e. The molecule has 0 N–H and O–H groups in total. The zero-order valence-corrected chi connectivity index (χ0v) is 22.7. The fourth-order valence-corrected chi connectivity index (χ4v) is 6.25. The van der Waals surface area contributed by atoms with E-state index in [0.717, 1.165) is 31.6 Å². The number of likely N-dealkylation sites (tertiary alicyclic amines) is 1. The summed E-state index contributed by atoms with van der Waals surface area (Å²) in [6.07, 6.45) is 3.81. The third-order valence-corrected chi connectivity index (χ3v) is 8.28. The maximum absolute atomic E-state index is 15.5. The molecule has 0 atom stereocenters. The molecule has 6 rings (SSSR count). The lowest BCUT2D eigenvalue weighted by Gasteiger charge is -2.38. The van der Waals surface area contributed by atoms with Crippen LogP contribution in [0.3, 0.4) is 0 Å². The molecule has 9 heteroatoms. The first-order chi connectivity index (χ1) is 19.4. The topological polar surface area (TPSA) is 55.5 Å². The molecule has 0 aliphatic carbocycles. The Morgan fingerprint density at radius 3 is 2.33 bits per heavy atom. The van der Waals surface area contributed by atoms with Crippen LogP contribution in [0, 0.1) is 23.0 Å². The molecule has 0 radical (unpaired) electrons. The van der Waals surface area contributed by atoms with Crippen molar-refractivity contribution < 1.29 is 8.78 Å². The average Bonchev–Trinajstić information content (AvgIpc) is 3.48. The van der Waals surface area contributed by atoms with Gasteiger partial charge in [-0.2, -0.15) is 5.26 Å². The Morgan fingerprint density at radius 2 is 1.60 bits per heavy atom. The molecule has 3 aromatic carbocycles. The molecule has 0 spiro atoms. The van der Waals surface area contributed by atoms with E-state index < -0.39 is 5.82 Å². The van der Waals surface area contributed by atoms with Crippen molar-refractivity contribution in [2.24, 2.45) is 0 Å². The summed E-state index contributed by atoms with van der Waals surface area (Å²) in [4.78, 5) is 19.0. The predicted molar refractivity (Wildman–Crippen MR) is 155 cm³/mol. The number of anilines is 2. The number of hydrogen-bond donors (Lipinski definition) is 0. The minimum absolute atomic E-state index is 0.111. The van der Waals surface area contributed by atoms with Gasteiger partial charge in [0.2, 0.25) is 0 Å². The molecule has 0 saturated carbocycles. The summed E-state index contributed by atoms with van der Waals surface area (Å²) in [7, 11) is 0. The van der Waals surface area contributed by atoms with Gasteiger partial charge in [0.25, 0.3) is 0 Å². The van der Waals surface area contributed by atoms with Crippen molar-refractivity contribution in [3.8, 4) is 11.8 Å². The van der Waals surface area contributed by atoms with Gasteiger partial charge in [-0.15, -0.1) is 0 Å².